The minimum atomic E-state index is -1.77. The van der Waals surface area contributed by atoms with Crippen LogP contribution >= 0.6 is 0 Å². The second-order valence-corrected chi connectivity index (χ2v) is 12.6. The van der Waals surface area contributed by atoms with E-state index in [1.54, 1.807) is 0 Å². The van der Waals surface area contributed by atoms with E-state index >= 15 is 0 Å². The molecule has 1 fully saturated rings. The fraction of sp³-hybridized carbons (Fsp3) is 0.667. The van der Waals surface area contributed by atoms with Crippen molar-refractivity contribution in [2.24, 2.45) is 0 Å². The minimum Gasteiger partial charge on any atom is -0.544 e. The van der Waals surface area contributed by atoms with E-state index in [4.69, 9.17) is 4.43 Å². The predicted molar refractivity (Wildman–Crippen MR) is 91.5 cm³/mol. The number of aliphatic hydroxyl groups is 1. The molecule has 1 saturated carbocycles. The van der Waals surface area contributed by atoms with Crippen LogP contribution in [-0.2, 0) is 0 Å². The topological polar surface area (TPSA) is 29.5 Å². The van der Waals surface area contributed by atoms with Crippen LogP contribution in [0.1, 0.15) is 57.9 Å². The Morgan fingerprint density at radius 3 is 2.14 bits per heavy atom. The van der Waals surface area contributed by atoms with Crippen molar-refractivity contribution in [1.29, 1.82) is 0 Å². The standard InChI is InChI=1S/C18H30O2Si/c1-18(2,3)21(4,5)20-15-12-10-14(11-13-15)16-8-6-7-9-17(16)19/h10-13,16-17,19H,6-9H2,1-5H3. The second-order valence-electron chi connectivity index (χ2n) is 7.89. The van der Waals surface area contributed by atoms with E-state index in [1.807, 2.05) is 0 Å². The lowest BCUT2D eigenvalue weighted by Crippen LogP contribution is -2.43. The van der Waals surface area contributed by atoms with Crippen molar-refractivity contribution < 1.29 is 9.53 Å². The van der Waals surface area contributed by atoms with Gasteiger partial charge in [0, 0.05) is 5.92 Å². The van der Waals surface area contributed by atoms with Crippen molar-refractivity contribution in [3.05, 3.63) is 29.8 Å². The van der Waals surface area contributed by atoms with Crippen LogP contribution in [0.2, 0.25) is 18.1 Å². The average molecular weight is 307 g/mol. The Bertz CT molecular complexity index is 459. The molecular weight excluding hydrogens is 276 g/mol. The maximum atomic E-state index is 10.2. The van der Waals surface area contributed by atoms with Crippen LogP contribution in [0.15, 0.2) is 24.3 Å². The summed E-state index contributed by atoms with van der Waals surface area (Å²) >= 11 is 0. The molecule has 118 valence electrons. The van der Waals surface area contributed by atoms with Gasteiger partial charge in [0.2, 0.25) is 8.32 Å². The quantitative estimate of drug-likeness (QED) is 0.788. The van der Waals surface area contributed by atoms with Crippen molar-refractivity contribution in [2.75, 3.05) is 0 Å². The third-order valence-corrected chi connectivity index (χ3v) is 9.58. The molecule has 0 saturated heterocycles. The first-order valence-corrected chi connectivity index (χ1v) is 11.1. The monoisotopic (exact) mass is 306 g/mol. The smallest absolute Gasteiger partial charge is 0.250 e. The van der Waals surface area contributed by atoms with Gasteiger partial charge in [-0.15, -0.1) is 0 Å². The molecule has 21 heavy (non-hydrogen) atoms. The molecule has 2 atom stereocenters. The molecule has 0 aliphatic heterocycles. The fourth-order valence-electron chi connectivity index (χ4n) is 2.73. The van der Waals surface area contributed by atoms with Crippen molar-refractivity contribution in [2.45, 2.75) is 76.6 Å². The molecule has 2 unspecified atom stereocenters. The highest BCUT2D eigenvalue weighted by Gasteiger charge is 2.39. The van der Waals surface area contributed by atoms with Crippen molar-refractivity contribution in [1.82, 2.24) is 0 Å². The Hall–Kier alpha value is -0.803. The molecule has 0 aromatic heterocycles. The summed E-state index contributed by atoms with van der Waals surface area (Å²) in [6, 6.07) is 8.44. The lowest BCUT2D eigenvalue weighted by molar-refractivity contribution is 0.106. The SMILES string of the molecule is CC(C)(C)[Si](C)(C)Oc1ccc(C2CCCCC2O)cc1. The zero-order valence-electron chi connectivity index (χ0n) is 14.1. The molecule has 0 spiro atoms. The number of hydrogen-bond donors (Lipinski definition) is 1. The third-order valence-electron chi connectivity index (χ3n) is 5.22. The number of hydrogen-bond acceptors (Lipinski definition) is 2. The Morgan fingerprint density at radius 2 is 1.62 bits per heavy atom. The third kappa shape index (κ3) is 3.89. The van der Waals surface area contributed by atoms with Crippen molar-refractivity contribution >= 4 is 8.32 Å². The Labute approximate surface area is 130 Å². The fourth-order valence-corrected chi connectivity index (χ4v) is 3.76. The zero-order chi connectivity index (χ0) is 15.7. The average Bonchev–Trinajstić information content (AvgIpc) is 2.39. The van der Waals surface area contributed by atoms with E-state index in [0.717, 1.165) is 25.0 Å². The van der Waals surface area contributed by atoms with Gasteiger partial charge >= 0.3 is 0 Å². The summed E-state index contributed by atoms with van der Waals surface area (Å²) in [5, 5.41) is 10.4. The van der Waals surface area contributed by atoms with E-state index in [-0.39, 0.29) is 11.1 Å². The van der Waals surface area contributed by atoms with Crippen LogP contribution in [0.25, 0.3) is 0 Å². The number of rotatable bonds is 3. The van der Waals surface area contributed by atoms with E-state index < -0.39 is 8.32 Å². The van der Waals surface area contributed by atoms with Gasteiger partial charge in [-0.25, -0.2) is 0 Å². The maximum Gasteiger partial charge on any atom is 0.250 e. The molecule has 1 aliphatic carbocycles. The summed E-state index contributed by atoms with van der Waals surface area (Å²) in [5.74, 6) is 1.27. The van der Waals surface area contributed by atoms with Crippen LogP contribution in [0.3, 0.4) is 0 Å². The highest BCUT2D eigenvalue weighted by molar-refractivity contribution is 6.74. The Kier molecular flexibility index (Phi) is 4.84. The summed E-state index contributed by atoms with van der Waals surface area (Å²) in [6.07, 6.45) is 4.25. The summed E-state index contributed by atoms with van der Waals surface area (Å²) in [5.41, 5.74) is 1.25. The number of benzene rings is 1. The summed E-state index contributed by atoms with van der Waals surface area (Å²) in [6.45, 7) is 11.3. The lowest BCUT2D eigenvalue weighted by atomic mass is 9.82. The van der Waals surface area contributed by atoms with Crippen LogP contribution in [-0.4, -0.2) is 19.5 Å². The van der Waals surface area contributed by atoms with Gasteiger partial charge in [0.1, 0.15) is 5.75 Å². The molecule has 2 rings (SSSR count). The zero-order valence-corrected chi connectivity index (χ0v) is 15.1. The summed E-state index contributed by atoms with van der Waals surface area (Å²) < 4.78 is 6.31. The van der Waals surface area contributed by atoms with Gasteiger partial charge in [-0.1, -0.05) is 45.7 Å². The largest absolute Gasteiger partial charge is 0.544 e. The number of aliphatic hydroxyl groups excluding tert-OH is 1. The maximum absolute atomic E-state index is 10.2. The molecule has 0 bridgehead atoms. The molecule has 1 aromatic rings. The highest BCUT2D eigenvalue weighted by atomic mass is 28.4. The minimum absolute atomic E-state index is 0.175. The van der Waals surface area contributed by atoms with Gasteiger partial charge in [-0.2, -0.15) is 0 Å². The Morgan fingerprint density at radius 1 is 1.05 bits per heavy atom. The van der Waals surface area contributed by atoms with Gasteiger partial charge < -0.3 is 9.53 Å². The first-order valence-electron chi connectivity index (χ1n) is 8.18. The van der Waals surface area contributed by atoms with Crippen LogP contribution in [0.5, 0.6) is 5.75 Å². The van der Waals surface area contributed by atoms with Gasteiger partial charge in [0.15, 0.2) is 0 Å². The molecule has 0 radical (unpaired) electrons. The van der Waals surface area contributed by atoms with E-state index in [2.05, 4.69) is 58.1 Å². The predicted octanol–water partition coefficient (Wildman–Crippen LogP) is 5.09. The molecule has 2 nitrogen and oxygen atoms in total. The van der Waals surface area contributed by atoms with Gasteiger partial charge in [-0.05, 0) is 48.7 Å². The summed E-state index contributed by atoms with van der Waals surface area (Å²) in [7, 11) is -1.77. The van der Waals surface area contributed by atoms with Crippen LogP contribution in [0, 0.1) is 0 Å². The molecule has 3 heteroatoms. The van der Waals surface area contributed by atoms with Gasteiger partial charge in [-0.3, -0.25) is 0 Å². The van der Waals surface area contributed by atoms with Gasteiger partial charge in [0.05, 0.1) is 6.10 Å². The van der Waals surface area contributed by atoms with Crippen molar-refractivity contribution in [3.63, 3.8) is 0 Å². The van der Waals surface area contributed by atoms with Crippen molar-refractivity contribution in [3.8, 4) is 5.75 Å². The first-order chi connectivity index (χ1) is 9.71. The molecule has 1 aliphatic rings. The highest BCUT2D eigenvalue weighted by Crippen LogP contribution is 2.38. The molecular formula is C18H30O2Si. The summed E-state index contributed by atoms with van der Waals surface area (Å²) in [4.78, 5) is 0. The van der Waals surface area contributed by atoms with Gasteiger partial charge in [0.25, 0.3) is 0 Å². The van der Waals surface area contributed by atoms with E-state index in [0.29, 0.717) is 5.92 Å². The molecule has 1 N–H and O–H groups in total. The molecule has 0 heterocycles. The Balaban J connectivity index is 2.09. The second kappa shape index (κ2) is 6.13. The van der Waals surface area contributed by atoms with E-state index in [1.165, 1.54) is 12.0 Å². The van der Waals surface area contributed by atoms with E-state index in [9.17, 15) is 5.11 Å². The molecule has 0 amide bonds. The lowest BCUT2D eigenvalue weighted by Gasteiger charge is -2.36. The first kappa shape index (κ1) is 16.6. The van der Waals surface area contributed by atoms with Crippen LogP contribution in [0.4, 0.5) is 0 Å². The normalized spacial score (nSPS) is 23.9. The molecule has 1 aromatic carbocycles. The van der Waals surface area contributed by atoms with Crippen LogP contribution < -0.4 is 4.43 Å².